The maximum absolute atomic E-state index is 11.8. The van der Waals surface area contributed by atoms with E-state index in [2.05, 4.69) is 42.7 Å². The fourth-order valence-electron chi connectivity index (χ4n) is 3.18. The minimum Gasteiger partial charge on any atom is -0.444 e. The third kappa shape index (κ3) is 5.45. The number of rotatable bonds is 4. The van der Waals surface area contributed by atoms with Gasteiger partial charge in [0.2, 0.25) is 0 Å². The Balaban J connectivity index is 1.89. The van der Waals surface area contributed by atoms with Crippen LogP contribution in [0.15, 0.2) is 18.2 Å². The number of ether oxygens (including phenoxy) is 1. The Hall–Kier alpha value is -1.71. The van der Waals surface area contributed by atoms with E-state index in [1.54, 1.807) is 0 Å². The van der Waals surface area contributed by atoms with Crippen LogP contribution in [0.3, 0.4) is 0 Å². The molecule has 1 fully saturated rings. The van der Waals surface area contributed by atoms with E-state index in [9.17, 15) is 4.79 Å². The van der Waals surface area contributed by atoms with E-state index in [-0.39, 0.29) is 6.09 Å². The predicted molar refractivity (Wildman–Crippen MR) is 94.9 cm³/mol. The van der Waals surface area contributed by atoms with E-state index < -0.39 is 5.60 Å². The van der Waals surface area contributed by atoms with E-state index in [0.29, 0.717) is 18.5 Å². The summed E-state index contributed by atoms with van der Waals surface area (Å²) in [5, 5.41) is 6.59. The smallest absolute Gasteiger partial charge is 0.407 e. The molecule has 1 aliphatic carbocycles. The lowest BCUT2D eigenvalue weighted by molar-refractivity contribution is 0.0519. The van der Waals surface area contributed by atoms with Crippen LogP contribution in [0, 0.1) is 19.8 Å². The summed E-state index contributed by atoms with van der Waals surface area (Å²) in [6.07, 6.45) is 3.16. The number of alkyl carbamates (subject to hydrolysis) is 1. The molecule has 128 valence electrons. The van der Waals surface area contributed by atoms with Crippen molar-refractivity contribution in [1.29, 1.82) is 0 Å². The van der Waals surface area contributed by atoms with Gasteiger partial charge in [-0.1, -0.05) is 24.1 Å². The highest BCUT2D eigenvalue weighted by molar-refractivity contribution is 5.67. The maximum atomic E-state index is 11.8. The largest absolute Gasteiger partial charge is 0.444 e. The molecule has 1 aromatic carbocycles. The molecule has 1 amide bonds. The van der Waals surface area contributed by atoms with E-state index in [0.717, 1.165) is 12.8 Å². The summed E-state index contributed by atoms with van der Waals surface area (Å²) in [5.41, 5.74) is 3.30. The normalized spacial score (nSPS) is 21.1. The number of aryl methyl sites for hydroxylation is 2. The van der Waals surface area contributed by atoms with Gasteiger partial charge in [-0.2, -0.15) is 0 Å². The molecule has 1 aromatic rings. The summed E-state index contributed by atoms with van der Waals surface area (Å²) in [6, 6.07) is 6.90. The number of nitrogens with one attached hydrogen (secondary N) is 2. The molecule has 1 saturated carbocycles. The molecular formula is C19H30N2O2. The number of hydrogen-bond donors (Lipinski definition) is 2. The summed E-state index contributed by atoms with van der Waals surface area (Å²) in [5.74, 6) is 0.447. The number of benzene rings is 1. The molecule has 0 aromatic heterocycles. The van der Waals surface area contributed by atoms with Crippen molar-refractivity contribution in [3.63, 3.8) is 0 Å². The summed E-state index contributed by atoms with van der Waals surface area (Å²) in [4.78, 5) is 11.8. The van der Waals surface area contributed by atoms with Crippen LogP contribution in [0.25, 0.3) is 0 Å². The van der Waals surface area contributed by atoms with Gasteiger partial charge in [-0.05, 0) is 65.0 Å². The zero-order chi connectivity index (χ0) is 17.0. The molecule has 2 rings (SSSR count). The molecule has 2 N–H and O–H groups in total. The Morgan fingerprint density at radius 3 is 2.65 bits per heavy atom. The third-order valence-corrected chi connectivity index (χ3v) is 4.29. The van der Waals surface area contributed by atoms with Crippen molar-refractivity contribution >= 4 is 11.8 Å². The first kappa shape index (κ1) is 17.6. The summed E-state index contributed by atoms with van der Waals surface area (Å²) >= 11 is 0. The van der Waals surface area contributed by atoms with Crippen LogP contribution >= 0.6 is 0 Å². The van der Waals surface area contributed by atoms with Crippen LogP contribution < -0.4 is 10.6 Å². The Bertz CT molecular complexity index is 549. The molecule has 0 spiro atoms. The summed E-state index contributed by atoms with van der Waals surface area (Å²) in [6.45, 7) is 10.6. The zero-order valence-electron chi connectivity index (χ0n) is 15.0. The first-order chi connectivity index (χ1) is 10.7. The lowest BCUT2D eigenvalue weighted by Crippen LogP contribution is -2.38. The number of hydrogen-bond acceptors (Lipinski definition) is 3. The van der Waals surface area contributed by atoms with Crippen LogP contribution in [-0.2, 0) is 4.74 Å². The number of carbonyl (C=O) groups is 1. The van der Waals surface area contributed by atoms with Crippen LogP contribution in [0.1, 0.15) is 51.2 Å². The Labute approximate surface area is 140 Å². The van der Waals surface area contributed by atoms with Gasteiger partial charge in [0.25, 0.3) is 0 Å². The van der Waals surface area contributed by atoms with Gasteiger partial charge >= 0.3 is 6.09 Å². The van der Waals surface area contributed by atoms with Gasteiger partial charge in [-0.25, -0.2) is 4.79 Å². The molecular weight excluding hydrogens is 288 g/mol. The van der Waals surface area contributed by atoms with Crippen molar-refractivity contribution in [2.75, 3.05) is 11.9 Å². The van der Waals surface area contributed by atoms with Gasteiger partial charge in [-0.15, -0.1) is 0 Å². The molecule has 0 radical (unpaired) electrons. The van der Waals surface area contributed by atoms with E-state index in [1.807, 2.05) is 20.8 Å². The Kier molecular flexibility index (Phi) is 5.55. The highest BCUT2D eigenvalue weighted by Crippen LogP contribution is 2.29. The van der Waals surface area contributed by atoms with Gasteiger partial charge in [0.1, 0.15) is 5.60 Å². The van der Waals surface area contributed by atoms with Crippen LogP contribution in [-0.4, -0.2) is 24.3 Å². The number of anilines is 1. The minimum absolute atomic E-state index is 0.324. The fourth-order valence-corrected chi connectivity index (χ4v) is 3.18. The SMILES string of the molecule is Cc1ccc(NC2CCCC2CNC(=O)OC(C)(C)C)c(C)c1. The zero-order valence-corrected chi connectivity index (χ0v) is 15.0. The van der Waals surface area contributed by atoms with Crippen molar-refractivity contribution in [3.05, 3.63) is 29.3 Å². The van der Waals surface area contributed by atoms with E-state index >= 15 is 0 Å². The number of carbonyl (C=O) groups excluding carboxylic acids is 1. The first-order valence-corrected chi connectivity index (χ1v) is 8.55. The highest BCUT2D eigenvalue weighted by Gasteiger charge is 2.28. The molecule has 1 aliphatic rings. The average molecular weight is 318 g/mol. The van der Waals surface area contributed by atoms with E-state index in [4.69, 9.17) is 4.74 Å². The molecule has 2 atom stereocenters. The van der Waals surface area contributed by atoms with Crippen molar-refractivity contribution in [2.24, 2.45) is 5.92 Å². The third-order valence-electron chi connectivity index (χ3n) is 4.29. The second-order valence-electron chi connectivity index (χ2n) is 7.64. The van der Waals surface area contributed by atoms with Gasteiger partial charge in [0.05, 0.1) is 0 Å². The molecule has 2 unspecified atom stereocenters. The van der Waals surface area contributed by atoms with Crippen molar-refractivity contribution in [1.82, 2.24) is 5.32 Å². The van der Waals surface area contributed by atoms with Gasteiger partial charge < -0.3 is 15.4 Å². The number of amides is 1. The summed E-state index contributed by atoms with van der Waals surface area (Å²) < 4.78 is 5.31. The topological polar surface area (TPSA) is 50.4 Å². The molecule has 23 heavy (non-hydrogen) atoms. The second-order valence-corrected chi connectivity index (χ2v) is 7.64. The second kappa shape index (κ2) is 7.24. The Morgan fingerprint density at radius 1 is 1.26 bits per heavy atom. The maximum Gasteiger partial charge on any atom is 0.407 e. The average Bonchev–Trinajstić information content (AvgIpc) is 2.85. The standard InChI is InChI=1S/C19H30N2O2/c1-13-9-10-16(14(2)11-13)21-17-8-6-7-15(17)12-20-18(22)23-19(3,4)5/h9-11,15,17,21H,6-8,12H2,1-5H3,(H,20,22). The Morgan fingerprint density at radius 2 is 2.00 bits per heavy atom. The van der Waals surface area contributed by atoms with Gasteiger partial charge in [-0.3, -0.25) is 0 Å². The van der Waals surface area contributed by atoms with Crippen molar-refractivity contribution in [2.45, 2.75) is 65.5 Å². The lowest BCUT2D eigenvalue weighted by atomic mass is 10.0. The van der Waals surface area contributed by atoms with Crippen LogP contribution in [0.4, 0.5) is 10.5 Å². The molecule has 0 bridgehead atoms. The van der Waals surface area contributed by atoms with Gasteiger partial charge in [0, 0.05) is 18.3 Å². The predicted octanol–water partition coefficient (Wildman–Crippen LogP) is 4.41. The van der Waals surface area contributed by atoms with Crippen LogP contribution in [0.2, 0.25) is 0 Å². The first-order valence-electron chi connectivity index (χ1n) is 8.55. The minimum atomic E-state index is -0.448. The lowest BCUT2D eigenvalue weighted by Gasteiger charge is -2.25. The van der Waals surface area contributed by atoms with Crippen molar-refractivity contribution in [3.8, 4) is 0 Å². The summed E-state index contributed by atoms with van der Waals surface area (Å²) in [7, 11) is 0. The monoisotopic (exact) mass is 318 g/mol. The van der Waals surface area contributed by atoms with Gasteiger partial charge in [0.15, 0.2) is 0 Å². The molecule has 0 heterocycles. The molecule has 4 heteroatoms. The quantitative estimate of drug-likeness (QED) is 0.864. The van der Waals surface area contributed by atoms with E-state index in [1.165, 1.54) is 23.2 Å². The van der Waals surface area contributed by atoms with Crippen LogP contribution in [0.5, 0.6) is 0 Å². The molecule has 4 nitrogen and oxygen atoms in total. The fraction of sp³-hybridized carbons (Fsp3) is 0.632. The highest BCUT2D eigenvalue weighted by atomic mass is 16.6. The molecule has 0 saturated heterocycles. The van der Waals surface area contributed by atoms with Crippen molar-refractivity contribution < 1.29 is 9.53 Å². The molecule has 0 aliphatic heterocycles.